The third kappa shape index (κ3) is 3.55. The van der Waals surface area contributed by atoms with Gasteiger partial charge in [0.05, 0.1) is 0 Å². The molecule has 1 saturated heterocycles. The molecule has 0 aromatic rings. The van der Waals surface area contributed by atoms with E-state index >= 15 is 0 Å². The minimum Gasteiger partial charge on any atom is -0.495 e. The van der Waals surface area contributed by atoms with Gasteiger partial charge in [0.1, 0.15) is 12.9 Å². The molecule has 0 bridgehead atoms. The summed E-state index contributed by atoms with van der Waals surface area (Å²) in [6.45, 7) is 1.39. The van der Waals surface area contributed by atoms with Crippen LogP contribution >= 0.6 is 0 Å². The maximum Gasteiger partial charge on any atom is 0.222 e. The number of hydrogen-bond donors (Lipinski definition) is 1. The summed E-state index contributed by atoms with van der Waals surface area (Å²) in [6, 6.07) is 0.605. The third-order valence-corrected chi connectivity index (χ3v) is 3.65. The van der Waals surface area contributed by atoms with E-state index in [4.69, 9.17) is 5.11 Å². The predicted octanol–water partition coefficient (Wildman–Crippen LogP) is 1.93. The number of aliphatic imine (C=N–C) groups is 2. The highest BCUT2D eigenvalue weighted by Crippen LogP contribution is 2.25. The zero-order valence-electron chi connectivity index (χ0n) is 10.7. The molecule has 1 N–H and O–H groups in total. The predicted molar refractivity (Wildman–Crippen MR) is 71.2 cm³/mol. The number of aliphatic hydroxyl groups is 1. The fraction of sp³-hybridized carbons (Fsp3) is 0.769. The summed E-state index contributed by atoms with van der Waals surface area (Å²) in [5.74, 6) is 0.511. The average molecular weight is 251 g/mol. The van der Waals surface area contributed by atoms with Gasteiger partial charge in [-0.1, -0.05) is 19.3 Å². The fourth-order valence-electron chi connectivity index (χ4n) is 2.72. The molecule has 2 fully saturated rings. The molecule has 1 amide bonds. The lowest BCUT2D eigenvalue weighted by atomic mass is 9.94. The van der Waals surface area contributed by atoms with Gasteiger partial charge < -0.3 is 10.0 Å². The monoisotopic (exact) mass is 251 g/mol. The SMILES string of the molecule is O=C1CCCN1C1CCCCC1.OC1=NC=NC1. The Morgan fingerprint density at radius 2 is 2.00 bits per heavy atom. The Labute approximate surface area is 108 Å². The van der Waals surface area contributed by atoms with Gasteiger partial charge in [0.2, 0.25) is 11.8 Å². The Morgan fingerprint density at radius 3 is 2.44 bits per heavy atom. The maximum atomic E-state index is 11.4. The minimum atomic E-state index is 0.106. The average Bonchev–Trinajstić information content (AvgIpc) is 3.02. The molecule has 0 unspecified atom stereocenters. The van der Waals surface area contributed by atoms with Crippen molar-refractivity contribution in [2.75, 3.05) is 13.1 Å². The molecular formula is C13H21N3O2. The zero-order chi connectivity index (χ0) is 12.8. The van der Waals surface area contributed by atoms with E-state index < -0.39 is 0 Å². The number of rotatable bonds is 1. The Hall–Kier alpha value is -1.39. The number of hydrogen-bond acceptors (Lipinski definition) is 3. The smallest absolute Gasteiger partial charge is 0.222 e. The van der Waals surface area contributed by atoms with Crippen molar-refractivity contribution in [3.8, 4) is 0 Å². The quantitative estimate of drug-likeness (QED) is 0.773. The van der Waals surface area contributed by atoms with Crippen LogP contribution in [0.4, 0.5) is 0 Å². The van der Waals surface area contributed by atoms with Gasteiger partial charge in [0.15, 0.2) is 0 Å². The van der Waals surface area contributed by atoms with E-state index in [9.17, 15) is 4.79 Å². The van der Waals surface area contributed by atoms with Crippen molar-refractivity contribution in [3.05, 3.63) is 0 Å². The van der Waals surface area contributed by atoms with Crippen molar-refractivity contribution < 1.29 is 9.90 Å². The van der Waals surface area contributed by atoms with Crippen LogP contribution in [0.2, 0.25) is 0 Å². The van der Waals surface area contributed by atoms with Gasteiger partial charge in [-0.25, -0.2) is 4.99 Å². The summed E-state index contributed by atoms with van der Waals surface area (Å²) < 4.78 is 0. The summed E-state index contributed by atoms with van der Waals surface area (Å²) >= 11 is 0. The first-order valence-electron chi connectivity index (χ1n) is 6.81. The molecule has 2 heterocycles. The maximum absolute atomic E-state index is 11.4. The molecule has 0 radical (unpaired) electrons. The first-order valence-corrected chi connectivity index (χ1v) is 6.81. The van der Waals surface area contributed by atoms with Gasteiger partial charge in [-0.2, -0.15) is 0 Å². The number of likely N-dealkylation sites (tertiary alicyclic amines) is 1. The van der Waals surface area contributed by atoms with Crippen LogP contribution in [0.25, 0.3) is 0 Å². The zero-order valence-corrected chi connectivity index (χ0v) is 10.7. The first-order chi connectivity index (χ1) is 8.77. The summed E-state index contributed by atoms with van der Waals surface area (Å²) in [5.41, 5.74) is 0. The van der Waals surface area contributed by atoms with E-state index in [0.717, 1.165) is 19.4 Å². The Kier molecular flexibility index (Phi) is 4.73. The molecule has 0 atom stereocenters. The van der Waals surface area contributed by atoms with E-state index in [0.29, 0.717) is 18.5 Å². The number of aliphatic hydroxyl groups excluding tert-OH is 1. The molecule has 1 saturated carbocycles. The molecular weight excluding hydrogens is 230 g/mol. The van der Waals surface area contributed by atoms with E-state index in [2.05, 4.69) is 14.9 Å². The second-order valence-corrected chi connectivity index (χ2v) is 4.98. The molecule has 0 spiro atoms. The largest absolute Gasteiger partial charge is 0.495 e. The molecule has 100 valence electrons. The highest BCUT2D eigenvalue weighted by molar-refractivity contribution is 5.88. The molecule has 1 aliphatic carbocycles. The number of amides is 1. The highest BCUT2D eigenvalue weighted by atomic mass is 16.3. The second-order valence-electron chi connectivity index (χ2n) is 4.98. The summed E-state index contributed by atoms with van der Waals surface area (Å²) in [6.07, 6.45) is 9.78. The lowest BCUT2D eigenvalue weighted by Gasteiger charge is -2.30. The molecule has 3 rings (SSSR count). The first kappa shape index (κ1) is 13.1. The van der Waals surface area contributed by atoms with Crippen molar-refractivity contribution in [3.63, 3.8) is 0 Å². The van der Waals surface area contributed by atoms with Gasteiger partial charge in [0.25, 0.3) is 0 Å². The van der Waals surface area contributed by atoms with Crippen LogP contribution in [0, 0.1) is 0 Å². The van der Waals surface area contributed by atoms with Gasteiger partial charge in [0, 0.05) is 19.0 Å². The lowest BCUT2D eigenvalue weighted by Crippen LogP contribution is -2.37. The lowest BCUT2D eigenvalue weighted by molar-refractivity contribution is -0.130. The second kappa shape index (κ2) is 6.52. The molecule has 18 heavy (non-hydrogen) atoms. The van der Waals surface area contributed by atoms with Crippen molar-refractivity contribution in [2.45, 2.75) is 51.0 Å². The van der Waals surface area contributed by atoms with E-state index in [1.807, 2.05) is 0 Å². The van der Waals surface area contributed by atoms with Crippen LogP contribution in [0.15, 0.2) is 9.98 Å². The van der Waals surface area contributed by atoms with Crippen LogP contribution in [0.1, 0.15) is 44.9 Å². The summed E-state index contributed by atoms with van der Waals surface area (Å²) in [5, 5.41) is 8.35. The van der Waals surface area contributed by atoms with Crippen LogP contribution in [-0.2, 0) is 4.79 Å². The summed E-state index contributed by atoms with van der Waals surface area (Å²) in [7, 11) is 0. The van der Waals surface area contributed by atoms with Gasteiger partial charge >= 0.3 is 0 Å². The highest BCUT2D eigenvalue weighted by Gasteiger charge is 2.28. The van der Waals surface area contributed by atoms with Crippen molar-refractivity contribution in [1.29, 1.82) is 0 Å². The normalized spacial score (nSPS) is 23.9. The van der Waals surface area contributed by atoms with Gasteiger partial charge in [-0.15, -0.1) is 0 Å². The number of nitrogens with zero attached hydrogens (tertiary/aromatic N) is 3. The molecule has 5 heteroatoms. The van der Waals surface area contributed by atoms with Crippen molar-refractivity contribution in [1.82, 2.24) is 4.90 Å². The van der Waals surface area contributed by atoms with Crippen LogP contribution in [-0.4, -0.2) is 47.3 Å². The molecule has 2 aliphatic heterocycles. The molecule has 0 aromatic heterocycles. The van der Waals surface area contributed by atoms with Gasteiger partial charge in [-0.05, 0) is 19.3 Å². The van der Waals surface area contributed by atoms with Crippen LogP contribution in [0.3, 0.4) is 0 Å². The third-order valence-electron chi connectivity index (χ3n) is 3.65. The van der Waals surface area contributed by atoms with Crippen LogP contribution in [0.5, 0.6) is 0 Å². The van der Waals surface area contributed by atoms with Crippen molar-refractivity contribution >= 4 is 18.1 Å². The topological polar surface area (TPSA) is 65.3 Å². The number of carbonyl (C=O) groups excluding carboxylic acids is 1. The van der Waals surface area contributed by atoms with E-state index in [1.165, 1.54) is 38.4 Å². The summed E-state index contributed by atoms with van der Waals surface area (Å²) in [4.78, 5) is 20.5. The fourth-order valence-corrected chi connectivity index (χ4v) is 2.72. The standard InChI is InChI=1S/C10H17NO.C3H4N2O/c12-10-7-4-8-11(10)9-5-2-1-3-6-9;6-3-1-4-2-5-3/h9H,1-8H2;2H,1H2,(H,4,5,6). The Morgan fingerprint density at radius 1 is 1.22 bits per heavy atom. The molecule has 3 aliphatic rings. The molecule has 5 nitrogen and oxygen atoms in total. The number of carbonyl (C=O) groups is 1. The Balaban J connectivity index is 0.000000169. The van der Waals surface area contributed by atoms with E-state index in [-0.39, 0.29) is 5.90 Å². The van der Waals surface area contributed by atoms with Crippen LogP contribution < -0.4 is 0 Å². The minimum absolute atomic E-state index is 0.106. The van der Waals surface area contributed by atoms with Crippen molar-refractivity contribution in [2.24, 2.45) is 9.98 Å². The molecule has 0 aromatic carbocycles. The van der Waals surface area contributed by atoms with Gasteiger partial charge in [-0.3, -0.25) is 9.79 Å². The Bertz CT molecular complexity index is 346. The van der Waals surface area contributed by atoms with E-state index in [1.54, 1.807) is 0 Å².